The summed E-state index contributed by atoms with van der Waals surface area (Å²) in [6, 6.07) is 1.17. The minimum atomic E-state index is -3.93. The van der Waals surface area contributed by atoms with Crippen molar-refractivity contribution in [3.8, 4) is 11.5 Å². The first-order valence-electron chi connectivity index (χ1n) is 7.40. The molecule has 0 spiro atoms. The maximum absolute atomic E-state index is 11.9. The highest BCUT2D eigenvalue weighted by Gasteiger charge is 2.54. The largest absolute Gasteiger partial charge is 0.453 e. The number of carbonyl (C=O) groups is 2. The number of benzene rings is 1. The van der Waals surface area contributed by atoms with Gasteiger partial charge in [-0.25, -0.2) is 4.79 Å². The van der Waals surface area contributed by atoms with E-state index >= 15 is 0 Å². The highest BCUT2D eigenvalue weighted by atomic mass is 32.2. The van der Waals surface area contributed by atoms with Gasteiger partial charge in [0.2, 0.25) is 11.5 Å². The average molecular weight is 370 g/mol. The first-order valence-corrected chi connectivity index (χ1v) is 8.81. The molecule has 0 saturated carbocycles. The molecule has 25 heavy (non-hydrogen) atoms. The van der Waals surface area contributed by atoms with Crippen LogP contribution in [-0.2, 0) is 24.4 Å². The fourth-order valence-electron chi connectivity index (χ4n) is 2.80. The van der Waals surface area contributed by atoms with E-state index < -0.39 is 40.2 Å². The number of fused-ring (bicyclic) bond motifs is 1. The molecule has 2 aromatic rings. The molecule has 1 saturated heterocycles. The van der Waals surface area contributed by atoms with Crippen molar-refractivity contribution in [1.29, 1.82) is 0 Å². The van der Waals surface area contributed by atoms with E-state index in [0.29, 0.717) is 0 Å². The van der Waals surface area contributed by atoms with Crippen LogP contribution in [0.2, 0.25) is 0 Å². The summed E-state index contributed by atoms with van der Waals surface area (Å²) in [6.45, 7) is 2.76. The molecule has 3 N–H and O–H groups in total. The number of nitrogens with one attached hydrogen (secondary N) is 1. The van der Waals surface area contributed by atoms with Crippen molar-refractivity contribution in [2.24, 2.45) is 11.7 Å². The summed E-state index contributed by atoms with van der Waals surface area (Å²) in [5, 5.41) is 2.93. The number of carbonyl (C=O) groups excluding carboxylic acids is 2. The average Bonchev–Trinajstić information content (AvgIpc) is 2.89. The Morgan fingerprint density at radius 1 is 1.48 bits per heavy atom. The second-order valence-electron chi connectivity index (χ2n) is 6.10. The Kier molecular flexibility index (Phi) is 3.12. The highest BCUT2D eigenvalue weighted by Crippen LogP contribution is 2.51. The van der Waals surface area contributed by atoms with Gasteiger partial charge in [0.15, 0.2) is 22.7 Å². The summed E-state index contributed by atoms with van der Waals surface area (Å²) in [4.78, 5) is 23.7. The number of furan rings is 2. The van der Waals surface area contributed by atoms with Crippen LogP contribution >= 0.6 is 0 Å². The van der Waals surface area contributed by atoms with Crippen LogP contribution in [0.1, 0.15) is 13.8 Å². The van der Waals surface area contributed by atoms with Crippen molar-refractivity contribution in [2.45, 2.75) is 30.4 Å². The fraction of sp³-hybridized carbons (Fsp3) is 0.429. The predicted molar refractivity (Wildman–Crippen MR) is 80.5 cm³/mol. The van der Waals surface area contributed by atoms with Gasteiger partial charge in [-0.3, -0.25) is 10.1 Å². The molecule has 2 aliphatic rings. The molecule has 2 unspecified atom stereocenters. The summed E-state index contributed by atoms with van der Waals surface area (Å²) in [7, 11) is -3.93. The Morgan fingerprint density at radius 3 is 2.80 bits per heavy atom. The Morgan fingerprint density at radius 2 is 2.16 bits per heavy atom. The molecule has 4 rings (SSSR count). The standard InChI is InChI=1S/C14H14N2O8S/c1-5(14(15)6(2)16-14)13(18)21-4-9(17)23-10-7-3-8-11(22-7)12(10)24-25(8,19)20/h3,5-6,16H,4,15H2,1-2H3/t5?,6-,14?/m0/s1. The zero-order valence-corrected chi connectivity index (χ0v) is 14.0. The molecule has 2 aliphatic heterocycles. The molecule has 0 radical (unpaired) electrons. The molecular weight excluding hydrogens is 356 g/mol. The van der Waals surface area contributed by atoms with Gasteiger partial charge in [0.05, 0.1) is 11.6 Å². The lowest BCUT2D eigenvalue weighted by Crippen LogP contribution is -2.42. The third-order valence-corrected chi connectivity index (χ3v) is 5.74. The molecule has 134 valence electrons. The van der Waals surface area contributed by atoms with Gasteiger partial charge >= 0.3 is 22.1 Å². The molecule has 2 aromatic heterocycles. The maximum Gasteiger partial charge on any atom is 0.349 e. The molecule has 10 nitrogen and oxygen atoms in total. The van der Waals surface area contributed by atoms with E-state index in [2.05, 4.69) is 5.32 Å². The first-order chi connectivity index (χ1) is 11.6. The third kappa shape index (κ3) is 2.27. The van der Waals surface area contributed by atoms with Gasteiger partial charge in [-0.2, -0.15) is 8.42 Å². The van der Waals surface area contributed by atoms with Crippen LogP contribution in [0.3, 0.4) is 0 Å². The van der Waals surface area contributed by atoms with Crippen molar-refractivity contribution in [1.82, 2.24) is 5.32 Å². The Hall–Kier alpha value is -2.37. The zero-order valence-electron chi connectivity index (χ0n) is 13.2. The van der Waals surface area contributed by atoms with Crippen molar-refractivity contribution in [3.05, 3.63) is 6.07 Å². The van der Waals surface area contributed by atoms with E-state index in [1.807, 2.05) is 6.92 Å². The van der Waals surface area contributed by atoms with Gasteiger partial charge in [0, 0.05) is 12.1 Å². The second-order valence-corrected chi connectivity index (χ2v) is 7.62. The van der Waals surface area contributed by atoms with Crippen molar-refractivity contribution in [3.63, 3.8) is 0 Å². The molecule has 0 aromatic carbocycles. The zero-order chi connectivity index (χ0) is 18.1. The summed E-state index contributed by atoms with van der Waals surface area (Å²) < 4.78 is 43.2. The Balaban J connectivity index is 1.39. The van der Waals surface area contributed by atoms with Crippen molar-refractivity contribution < 1.29 is 36.1 Å². The quantitative estimate of drug-likeness (QED) is 0.309. The minimum absolute atomic E-state index is 0.00212. The fourth-order valence-corrected chi connectivity index (χ4v) is 3.87. The van der Waals surface area contributed by atoms with Gasteiger partial charge in [0.1, 0.15) is 0 Å². The lowest BCUT2D eigenvalue weighted by Gasteiger charge is -2.16. The van der Waals surface area contributed by atoms with Gasteiger partial charge in [-0.05, 0) is 13.8 Å². The van der Waals surface area contributed by atoms with Crippen LogP contribution in [-0.4, -0.2) is 38.7 Å². The number of ether oxygens (including phenoxy) is 2. The maximum atomic E-state index is 11.9. The van der Waals surface area contributed by atoms with Crippen LogP contribution < -0.4 is 20.0 Å². The Labute approximate surface area is 141 Å². The SMILES string of the molecule is CC(C(=O)OCC(=O)Oc1c2c3oc1cc3S(=O)(=O)O2)C1(N)N[C@H]1C. The van der Waals surface area contributed by atoms with Crippen LogP contribution in [0.4, 0.5) is 0 Å². The van der Waals surface area contributed by atoms with Gasteiger partial charge in [0.25, 0.3) is 0 Å². The summed E-state index contributed by atoms with van der Waals surface area (Å²) in [5.41, 5.74) is 5.16. The normalized spacial score (nSPS) is 27.1. The van der Waals surface area contributed by atoms with Gasteiger partial charge in [-0.15, -0.1) is 0 Å². The monoisotopic (exact) mass is 370 g/mol. The minimum Gasteiger partial charge on any atom is -0.453 e. The van der Waals surface area contributed by atoms with Gasteiger partial charge in [-0.1, -0.05) is 0 Å². The third-order valence-electron chi connectivity index (χ3n) is 4.51. The van der Waals surface area contributed by atoms with Crippen LogP contribution in [0.25, 0.3) is 11.2 Å². The van der Waals surface area contributed by atoms with E-state index in [1.54, 1.807) is 6.92 Å². The molecule has 4 heterocycles. The van der Waals surface area contributed by atoms with E-state index in [-0.39, 0.29) is 33.6 Å². The lowest BCUT2D eigenvalue weighted by atomic mass is 10.0. The predicted octanol–water partition coefficient (Wildman–Crippen LogP) is -0.317. The smallest absolute Gasteiger partial charge is 0.349 e. The summed E-state index contributed by atoms with van der Waals surface area (Å²) >= 11 is 0. The van der Waals surface area contributed by atoms with E-state index in [4.69, 9.17) is 23.8 Å². The molecule has 0 aliphatic carbocycles. The second kappa shape index (κ2) is 4.84. The molecule has 11 heteroatoms. The molecule has 1 fully saturated rings. The topological polar surface area (TPSA) is 157 Å². The number of hydrogen-bond acceptors (Lipinski definition) is 10. The van der Waals surface area contributed by atoms with Crippen LogP contribution in [0, 0.1) is 5.92 Å². The summed E-state index contributed by atoms with van der Waals surface area (Å²) in [6.07, 6.45) is 0. The van der Waals surface area contributed by atoms with Crippen molar-refractivity contribution in [2.75, 3.05) is 6.61 Å². The van der Waals surface area contributed by atoms with E-state index in [1.165, 1.54) is 6.07 Å². The lowest BCUT2D eigenvalue weighted by molar-refractivity contribution is -0.157. The number of hydrogen-bond donors (Lipinski definition) is 2. The van der Waals surface area contributed by atoms with E-state index in [9.17, 15) is 18.0 Å². The Bertz CT molecular complexity index is 996. The molecule has 0 amide bonds. The molecule has 3 atom stereocenters. The molecule has 2 bridgehead atoms. The summed E-state index contributed by atoms with van der Waals surface area (Å²) in [5.74, 6) is -2.53. The van der Waals surface area contributed by atoms with Crippen molar-refractivity contribution >= 4 is 33.2 Å². The van der Waals surface area contributed by atoms with Crippen LogP contribution in [0.5, 0.6) is 11.5 Å². The number of esters is 2. The molecular formula is C14H14N2O8S. The van der Waals surface area contributed by atoms with Crippen LogP contribution in [0.15, 0.2) is 15.4 Å². The van der Waals surface area contributed by atoms with E-state index in [0.717, 1.165) is 0 Å². The number of rotatable bonds is 5. The first kappa shape index (κ1) is 16.1. The number of nitrogens with two attached hydrogens (primary N) is 1. The van der Waals surface area contributed by atoms with Gasteiger partial charge < -0.3 is 23.8 Å². The highest BCUT2D eigenvalue weighted by molar-refractivity contribution is 7.87.